The molecule has 38 heavy (non-hydrogen) atoms. The molecule has 3 aliphatic rings. The van der Waals surface area contributed by atoms with Crippen molar-refractivity contribution in [3.05, 3.63) is 28.0 Å². The normalized spacial score (nSPS) is 28.6. The summed E-state index contributed by atoms with van der Waals surface area (Å²) in [4.78, 5) is 30.1. The van der Waals surface area contributed by atoms with Gasteiger partial charge < -0.3 is 24.2 Å². The van der Waals surface area contributed by atoms with Crippen molar-refractivity contribution < 1.29 is 28.9 Å². The van der Waals surface area contributed by atoms with Gasteiger partial charge >= 0.3 is 5.97 Å². The third-order valence-corrected chi connectivity index (χ3v) is 9.57. The summed E-state index contributed by atoms with van der Waals surface area (Å²) >= 11 is 1.25. The van der Waals surface area contributed by atoms with Gasteiger partial charge in [0.25, 0.3) is 0 Å². The van der Waals surface area contributed by atoms with Crippen molar-refractivity contribution in [2.45, 2.75) is 121 Å². The molecule has 0 spiro atoms. The molecule has 1 N–H and O–H groups in total. The van der Waals surface area contributed by atoms with E-state index in [1.165, 1.54) is 18.4 Å². The van der Waals surface area contributed by atoms with Crippen LogP contribution < -0.4 is 4.90 Å². The Balaban J connectivity index is 1.64. The van der Waals surface area contributed by atoms with E-state index >= 15 is 0 Å². The Morgan fingerprint density at radius 2 is 1.97 bits per heavy atom. The minimum atomic E-state index is -1.13. The van der Waals surface area contributed by atoms with Crippen LogP contribution in [0.15, 0.2) is 18.2 Å². The largest absolute Gasteiger partial charge is 0.465 e. The molecule has 2 fully saturated rings. The maximum Gasteiger partial charge on any atom is 0.350 e. The van der Waals surface area contributed by atoms with Gasteiger partial charge in [0.05, 0.1) is 18.9 Å². The standard InChI is InChI=1S/C30H45NO6S/c1-4-11-21(5-2)28(32)31(22-13-15-23(16-14-22)37-26-12-7-10-19-36-26)24-20-25(38-27(24)29(33)35-3)30(34)17-8-6-9-18-30/h8,17,20-23,26,34H,4-7,9-16,18-19H2,1-3H3. The lowest BCUT2D eigenvalue weighted by molar-refractivity contribution is -0.193. The molecule has 2 aliphatic carbocycles. The van der Waals surface area contributed by atoms with Crippen molar-refractivity contribution >= 4 is 28.9 Å². The van der Waals surface area contributed by atoms with Crippen molar-refractivity contribution in [1.29, 1.82) is 0 Å². The molecule has 4 rings (SSSR count). The molecular weight excluding hydrogens is 502 g/mol. The van der Waals surface area contributed by atoms with Crippen LogP contribution in [0.5, 0.6) is 0 Å². The van der Waals surface area contributed by atoms with E-state index in [0.29, 0.717) is 21.9 Å². The van der Waals surface area contributed by atoms with Gasteiger partial charge in [-0.1, -0.05) is 32.4 Å². The summed E-state index contributed by atoms with van der Waals surface area (Å²) in [5.41, 5.74) is -0.540. The SMILES string of the molecule is CCCC(CC)C(=O)N(c1cc(C2(O)C=CCCC2)sc1C(=O)OC)C1CCC(OC2CCCCO2)CC1. The average molecular weight is 548 g/mol. The Labute approximate surface area is 231 Å². The van der Waals surface area contributed by atoms with Crippen LogP contribution >= 0.6 is 11.3 Å². The van der Waals surface area contributed by atoms with E-state index in [0.717, 1.165) is 83.7 Å². The van der Waals surface area contributed by atoms with Gasteiger partial charge in [0, 0.05) is 23.4 Å². The molecular formula is C30H45NO6S. The maximum absolute atomic E-state index is 14.1. The lowest BCUT2D eigenvalue weighted by atomic mass is 9.88. The van der Waals surface area contributed by atoms with Crippen molar-refractivity contribution in [1.82, 2.24) is 0 Å². The smallest absolute Gasteiger partial charge is 0.350 e. The van der Waals surface area contributed by atoms with Crippen molar-refractivity contribution in [3.63, 3.8) is 0 Å². The van der Waals surface area contributed by atoms with Gasteiger partial charge in [0.2, 0.25) is 5.91 Å². The molecule has 7 nitrogen and oxygen atoms in total. The summed E-state index contributed by atoms with van der Waals surface area (Å²) in [6.45, 7) is 4.92. The second-order valence-corrected chi connectivity index (χ2v) is 12.1. The number of aliphatic hydroxyl groups is 1. The highest BCUT2D eigenvalue weighted by Gasteiger charge is 2.39. The summed E-state index contributed by atoms with van der Waals surface area (Å²) in [6, 6.07) is 1.84. The molecule has 0 bridgehead atoms. The van der Waals surface area contributed by atoms with E-state index < -0.39 is 11.6 Å². The van der Waals surface area contributed by atoms with Crippen LogP contribution in [0, 0.1) is 5.92 Å². The Morgan fingerprint density at radius 1 is 1.18 bits per heavy atom. The maximum atomic E-state index is 14.1. The number of thiophene rings is 1. The monoisotopic (exact) mass is 547 g/mol. The molecule has 0 radical (unpaired) electrons. The van der Waals surface area contributed by atoms with Crippen LogP contribution in [0.2, 0.25) is 0 Å². The number of nitrogens with zero attached hydrogens (tertiary/aromatic N) is 1. The van der Waals surface area contributed by atoms with Crippen molar-refractivity contribution in [3.8, 4) is 0 Å². The Morgan fingerprint density at radius 3 is 2.58 bits per heavy atom. The molecule has 3 atom stereocenters. The fraction of sp³-hybridized carbons (Fsp3) is 0.733. The highest BCUT2D eigenvalue weighted by molar-refractivity contribution is 7.14. The zero-order valence-electron chi connectivity index (χ0n) is 23.3. The molecule has 1 amide bonds. The molecule has 0 aromatic carbocycles. The van der Waals surface area contributed by atoms with E-state index in [-0.39, 0.29) is 30.3 Å². The van der Waals surface area contributed by atoms with Gasteiger partial charge in [-0.15, -0.1) is 11.3 Å². The number of rotatable bonds is 10. The minimum Gasteiger partial charge on any atom is -0.465 e. The number of carbonyl (C=O) groups excluding carboxylic acids is 2. The quantitative estimate of drug-likeness (QED) is 0.267. The lowest BCUT2D eigenvalue weighted by Crippen LogP contribution is -2.47. The van der Waals surface area contributed by atoms with Gasteiger partial charge in [-0.05, 0) is 83.1 Å². The molecule has 1 saturated carbocycles. The van der Waals surface area contributed by atoms with Crippen LogP contribution in [0.3, 0.4) is 0 Å². The average Bonchev–Trinajstić information content (AvgIpc) is 3.39. The Kier molecular flexibility index (Phi) is 10.4. The summed E-state index contributed by atoms with van der Waals surface area (Å²) in [6.07, 6.45) is 15.2. The van der Waals surface area contributed by atoms with E-state index in [1.54, 1.807) is 0 Å². The minimum absolute atomic E-state index is 0.0390. The molecule has 1 aromatic rings. The van der Waals surface area contributed by atoms with Crippen LogP contribution in [0.4, 0.5) is 5.69 Å². The fourth-order valence-corrected chi connectivity index (χ4v) is 7.25. The Hall–Kier alpha value is -1.74. The fourth-order valence-electron chi connectivity index (χ4n) is 6.08. The number of anilines is 1. The van der Waals surface area contributed by atoms with Crippen LogP contribution in [0.25, 0.3) is 0 Å². The van der Waals surface area contributed by atoms with Crippen LogP contribution in [-0.2, 0) is 24.6 Å². The molecule has 2 heterocycles. The first kappa shape index (κ1) is 29.2. The highest BCUT2D eigenvalue weighted by atomic mass is 32.1. The molecule has 212 valence electrons. The highest BCUT2D eigenvalue weighted by Crippen LogP contribution is 2.44. The van der Waals surface area contributed by atoms with Gasteiger partial charge in [-0.25, -0.2) is 4.79 Å². The number of allylic oxidation sites excluding steroid dienone is 1. The summed E-state index contributed by atoms with van der Waals surface area (Å²) in [5, 5.41) is 11.4. The summed E-state index contributed by atoms with van der Waals surface area (Å²) < 4.78 is 17.2. The van der Waals surface area contributed by atoms with Crippen LogP contribution in [0.1, 0.15) is 112 Å². The number of methoxy groups -OCH3 is 1. The third kappa shape index (κ3) is 6.69. The lowest BCUT2D eigenvalue weighted by Gasteiger charge is -2.39. The van der Waals surface area contributed by atoms with Gasteiger partial charge in [0.15, 0.2) is 6.29 Å². The number of hydrogen-bond donors (Lipinski definition) is 1. The second kappa shape index (κ2) is 13.6. The second-order valence-electron chi connectivity index (χ2n) is 11.0. The van der Waals surface area contributed by atoms with Gasteiger partial charge in [0.1, 0.15) is 10.5 Å². The van der Waals surface area contributed by atoms with Crippen molar-refractivity contribution in [2.24, 2.45) is 5.92 Å². The number of esters is 1. The zero-order valence-corrected chi connectivity index (χ0v) is 24.1. The number of carbonyl (C=O) groups is 2. The Bertz CT molecular complexity index is 962. The van der Waals surface area contributed by atoms with E-state index in [4.69, 9.17) is 14.2 Å². The van der Waals surface area contributed by atoms with E-state index in [9.17, 15) is 14.7 Å². The molecule has 8 heteroatoms. The predicted molar refractivity (Wildman–Crippen MR) is 149 cm³/mol. The van der Waals surface area contributed by atoms with E-state index in [2.05, 4.69) is 13.8 Å². The van der Waals surface area contributed by atoms with Gasteiger partial charge in [-0.2, -0.15) is 0 Å². The topological polar surface area (TPSA) is 85.3 Å². The van der Waals surface area contributed by atoms with Crippen molar-refractivity contribution in [2.75, 3.05) is 18.6 Å². The van der Waals surface area contributed by atoms with Gasteiger partial charge in [-0.3, -0.25) is 4.79 Å². The third-order valence-electron chi connectivity index (χ3n) is 8.30. The van der Waals surface area contributed by atoms with Crippen LogP contribution in [-0.4, -0.2) is 49.1 Å². The molecule has 1 saturated heterocycles. The first-order valence-electron chi connectivity index (χ1n) is 14.6. The summed E-state index contributed by atoms with van der Waals surface area (Å²) in [5.74, 6) is -0.515. The zero-order chi connectivity index (χ0) is 27.1. The van der Waals surface area contributed by atoms with E-state index in [1.807, 2.05) is 23.1 Å². The first-order chi connectivity index (χ1) is 18.4. The molecule has 1 aliphatic heterocycles. The first-order valence-corrected chi connectivity index (χ1v) is 15.4. The number of amides is 1. The molecule has 1 aromatic heterocycles. The number of hydrogen-bond acceptors (Lipinski definition) is 7. The molecule has 3 unspecified atom stereocenters. The predicted octanol–water partition coefficient (Wildman–Crippen LogP) is 6.48. The summed E-state index contributed by atoms with van der Waals surface area (Å²) in [7, 11) is 1.37. The number of ether oxygens (including phenoxy) is 3.